The molecular formula is C13H13N5OS. The summed E-state index contributed by atoms with van der Waals surface area (Å²) in [5, 5.41) is 19.6. The van der Waals surface area contributed by atoms with Crippen molar-refractivity contribution in [1.82, 2.24) is 15.5 Å². The molecule has 7 heteroatoms. The summed E-state index contributed by atoms with van der Waals surface area (Å²) in [6, 6.07) is 7.41. The van der Waals surface area contributed by atoms with Crippen LogP contribution in [0.3, 0.4) is 0 Å². The summed E-state index contributed by atoms with van der Waals surface area (Å²) in [7, 11) is 0. The third-order valence-electron chi connectivity index (χ3n) is 2.45. The number of hydrogen-bond acceptors (Lipinski definition) is 6. The van der Waals surface area contributed by atoms with Gasteiger partial charge in [0.1, 0.15) is 0 Å². The summed E-state index contributed by atoms with van der Waals surface area (Å²) in [5.74, 6) is 1.07. The van der Waals surface area contributed by atoms with Crippen LogP contribution in [0.15, 0.2) is 33.7 Å². The van der Waals surface area contributed by atoms with Crippen LogP contribution >= 0.6 is 11.8 Å². The maximum absolute atomic E-state index is 8.62. The maximum atomic E-state index is 8.62. The second-order valence-corrected chi connectivity index (χ2v) is 4.56. The van der Waals surface area contributed by atoms with Gasteiger partial charge in [-0.2, -0.15) is 5.26 Å². The molecule has 20 heavy (non-hydrogen) atoms. The Morgan fingerprint density at radius 1 is 1.50 bits per heavy atom. The Kier molecular flexibility index (Phi) is 4.74. The average molecular weight is 287 g/mol. The minimum Gasteiger partial charge on any atom is -0.421 e. The molecule has 102 valence electrons. The average Bonchev–Trinajstić information content (AvgIpc) is 2.96. The molecule has 0 bridgehead atoms. The van der Waals surface area contributed by atoms with E-state index in [-0.39, 0.29) is 0 Å². The molecule has 1 aromatic carbocycles. The van der Waals surface area contributed by atoms with Crippen molar-refractivity contribution in [1.29, 1.82) is 5.26 Å². The molecule has 0 atom stereocenters. The van der Waals surface area contributed by atoms with Crippen LogP contribution in [0, 0.1) is 11.5 Å². The van der Waals surface area contributed by atoms with Crippen molar-refractivity contribution in [3.63, 3.8) is 0 Å². The fraction of sp³-hybridized carbons (Fsp3) is 0.231. The quantitative estimate of drug-likeness (QED) is 0.404. The van der Waals surface area contributed by atoms with Crippen LogP contribution in [0.5, 0.6) is 0 Å². The lowest BCUT2D eigenvalue weighted by Gasteiger charge is -2.01. The first-order chi connectivity index (χ1) is 9.76. The molecule has 0 aliphatic rings. The van der Waals surface area contributed by atoms with Gasteiger partial charge >= 0.3 is 0 Å². The van der Waals surface area contributed by atoms with E-state index in [1.807, 2.05) is 43.6 Å². The molecular weight excluding hydrogens is 274 g/mol. The zero-order valence-corrected chi connectivity index (χ0v) is 11.9. The van der Waals surface area contributed by atoms with E-state index in [1.165, 1.54) is 11.8 Å². The number of nitrogens with zero attached hydrogens (tertiary/aromatic N) is 4. The normalized spacial score (nSPS) is 11.2. The molecule has 1 heterocycles. The van der Waals surface area contributed by atoms with Crippen molar-refractivity contribution < 1.29 is 4.42 Å². The standard InChI is InChI=1S/C13H13N5OS/c1-3-11-17-18-12(19-11)9-5-4-6-10(7-9)16-13(20-2)15-8-14/h4-7H,3H2,1-2H3,(H,15,16). The zero-order chi connectivity index (χ0) is 14.4. The first-order valence-electron chi connectivity index (χ1n) is 5.97. The van der Waals surface area contributed by atoms with E-state index >= 15 is 0 Å². The minimum atomic E-state index is 0.470. The fourth-order valence-electron chi connectivity index (χ4n) is 1.51. The lowest BCUT2D eigenvalue weighted by Crippen LogP contribution is -2.12. The summed E-state index contributed by atoms with van der Waals surface area (Å²) >= 11 is 1.36. The van der Waals surface area contributed by atoms with Gasteiger partial charge in [-0.3, -0.25) is 5.32 Å². The van der Waals surface area contributed by atoms with E-state index in [9.17, 15) is 0 Å². The summed E-state index contributed by atoms with van der Waals surface area (Å²) < 4.78 is 5.51. The molecule has 0 fully saturated rings. The molecule has 0 radical (unpaired) electrons. The van der Waals surface area contributed by atoms with Crippen LogP contribution in [0.4, 0.5) is 5.69 Å². The van der Waals surface area contributed by atoms with Gasteiger partial charge in [-0.15, -0.1) is 10.2 Å². The molecule has 2 rings (SSSR count). The largest absolute Gasteiger partial charge is 0.421 e. The summed E-state index contributed by atoms with van der Waals surface area (Å²) in [5.41, 5.74) is 1.52. The number of hydrogen-bond donors (Lipinski definition) is 1. The second-order valence-electron chi connectivity index (χ2n) is 3.76. The van der Waals surface area contributed by atoms with Crippen LogP contribution < -0.4 is 5.32 Å². The van der Waals surface area contributed by atoms with Gasteiger partial charge < -0.3 is 4.42 Å². The molecule has 1 aromatic heterocycles. The smallest absolute Gasteiger partial charge is 0.247 e. The van der Waals surface area contributed by atoms with E-state index in [1.54, 1.807) is 0 Å². The Morgan fingerprint density at radius 3 is 3.00 bits per heavy atom. The number of amidine groups is 1. The molecule has 6 nitrogen and oxygen atoms in total. The highest BCUT2D eigenvalue weighted by atomic mass is 32.2. The topological polar surface area (TPSA) is 87.1 Å². The number of nitriles is 1. The molecule has 0 spiro atoms. The van der Waals surface area contributed by atoms with Gasteiger partial charge in [-0.05, 0) is 24.5 Å². The van der Waals surface area contributed by atoms with Gasteiger partial charge in [0, 0.05) is 12.0 Å². The third kappa shape index (κ3) is 3.36. The first kappa shape index (κ1) is 14.1. The van der Waals surface area contributed by atoms with Crippen LogP contribution in [-0.2, 0) is 6.42 Å². The Labute approximate surface area is 120 Å². The summed E-state index contributed by atoms with van der Waals surface area (Å²) in [4.78, 5) is 4.34. The first-order valence-corrected chi connectivity index (χ1v) is 7.20. The molecule has 1 N–H and O–H groups in total. The highest BCUT2D eigenvalue weighted by Gasteiger charge is 2.07. The van der Waals surface area contributed by atoms with Crippen molar-refractivity contribution in [2.75, 3.05) is 6.26 Å². The zero-order valence-electron chi connectivity index (χ0n) is 11.1. The van der Waals surface area contributed by atoms with Gasteiger partial charge in [0.25, 0.3) is 0 Å². The molecule has 0 aliphatic heterocycles. The Morgan fingerprint density at radius 2 is 2.35 bits per heavy atom. The van der Waals surface area contributed by atoms with Gasteiger partial charge in [0.05, 0.1) is 5.69 Å². The number of benzene rings is 1. The number of thioether (sulfide) groups is 1. The van der Waals surface area contributed by atoms with Crippen molar-refractivity contribution >= 4 is 22.6 Å². The van der Waals surface area contributed by atoms with Crippen molar-refractivity contribution in [2.45, 2.75) is 13.3 Å². The van der Waals surface area contributed by atoms with Gasteiger partial charge in [-0.25, -0.2) is 4.99 Å². The van der Waals surface area contributed by atoms with Crippen LogP contribution in [0.25, 0.3) is 11.5 Å². The lowest BCUT2D eigenvalue weighted by atomic mass is 10.2. The number of aryl methyl sites for hydroxylation is 1. The van der Waals surface area contributed by atoms with Crippen molar-refractivity contribution in [3.05, 3.63) is 30.2 Å². The SMILES string of the molecule is CCc1nnc(-c2cccc(N=C(NC#N)SC)c2)o1. The molecule has 0 amide bonds. The van der Waals surface area contributed by atoms with Crippen molar-refractivity contribution in [3.8, 4) is 17.6 Å². The van der Waals surface area contributed by atoms with E-state index in [0.29, 0.717) is 29.1 Å². The van der Waals surface area contributed by atoms with Gasteiger partial charge in [0.2, 0.25) is 11.8 Å². The van der Waals surface area contributed by atoms with E-state index < -0.39 is 0 Å². The van der Waals surface area contributed by atoms with Crippen molar-refractivity contribution in [2.24, 2.45) is 4.99 Å². The predicted molar refractivity (Wildman–Crippen MR) is 78.5 cm³/mol. The van der Waals surface area contributed by atoms with Gasteiger partial charge in [0.15, 0.2) is 11.4 Å². The molecule has 0 unspecified atom stereocenters. The number of aliphatic imine (C=N–C) groups is 1. The van der Waals surface area contributed by atoms with Crippen LogP contribution in [0.1, 0.15) is 12.8 Å². The Balaban J connectivity index is 2.30. The van der Waals surface area contributed by atoms with E-state index in [0.717, 1.165) is 5.56 Å². The second kappa shape index (κ2) is 6.73. The summed E-state index contributed by atoms with van der Waals surface area (Å²) in [6.45, 7) is 1.95. The maximum Gasteiger partial charge on any atom is 0.247 e. The van der Waals surface area contributed by atoms with Gasteiger partial charge in [-0.1, -0.05) is 24.8 Å². The fourth-order valence-corrected chi connectivity index (χ4v) is 1.86. The van der Waals surface area contributed by atoms with Crippen LogP contribution in [0.2, 0.25) is 0 Å². The Bertz CT molecular complexity index is 659. The molecule has 0 saturated heterocycles. The lowest BCUT2D eigenvalue weighted by molar-refractivity contribution is 0.513. The highest BCUT2D eigenvalue weighted by molar-refractivity contribution is 8.13. The summed E-state index contributed by atoms with van der Waals surface area (Å²) in [6.07, 6.45) is 4.40. The molecule has 0 saturated carbocycles. The minimum absolute atomic E-state index is 0.470. The van der Waals surface area contributed by atoms with E-state index in [4.69, 9.17) is 9.68 Å². The predicted octanol–water partition coefficient (Wildman–Crippen LogP) is 2.72. The molecule has 2 aromatic rings. The van der Waals surface area contributed by atoms with Crippen LogP contribution in [-0.4, -0.2) is 21.6 Å². The highest BCUT2D eigenvalue weighted by Crippen LogP contribution is 2.23. The number of rotatable bonds is 3. The molecule has 0 aliphatic carbocycles. The third-order valence-corrected chi connectivity index (χ3v) is 3.03. The Hall–Kier alpha value is -2.33. The van der Waals surface area contributed by atoms with E-state index in [2.05, 4.69) is 20.5 Å². The number of aromatic nitrogens is 2. The number of nitrogens with one attached hydrogen (secondary N) is 1. The monoisotopic (exact) mass is 287 g/mol.